The molecule has 0 aliphatic rings. The summed E-state index contributed by atoms with van der Waals surface area (Å²) in [7, 11) is 0. The molecule has 0 unspecified atom stereocenters. The van der Waals surface area contributed by atoms with Gasteiger partial charge in [0.05, 0.1) is 0 Å². The van der Waals surface area contributed by atoms with E-state index in [0.29, 0.717) is 5.75 Å². The molecule has 0 bridgehead atoms. The highest BCUT2D eigenvalue weighted by Gasteiger charge is 2.07. The molecule has 4 heteroatoms. The van der Waals surface area contributed by atoms with E-state index in [4.69, 9.17) is 14.9 Å². The van der Waals surface area contributed by atoms with Crippen molar-refractivity contribution in [2.75, 3.05) is 6.61 Å². The van der Waals surface area contributed by atoms with Gasteiger partial charge in [-0.05, 0) is 24.3 Å². The van der Waals surface area contributed by atoms with Crippen LogP contribution in [0.2, 0.25) is 0 Å². The van der Waals surface area contributed by atoms with E-state index in [-0.39, 0.29) is 6.61 Å². The number of hydrogen-bond acceptors (Lipinski definition) is 3. The molecule has 1 amide bonds. The zero-order valence-electron chi connectivity index (χ0n) is 10.7. The number of nitrogens with two attached hydrogens (primary N) is 1. The van der Waals surface area contributed by atoms with Crippen molar-refractivity contribution >= 4 is 16.9 Å². The Kier molecular flexibility index (Phi) is 3.13. The van der Waals surface area contributed by atoms with Crippen LogP contribution >= 0.6 is 0 Å². The maximum Gasteiger partial charge on any atom is 0.255 e. The monoisotopic (exact) mass is 267 g/mol. The molecule has 1 heterocycles. The average Bonchev–Trinajstić information content (AvgIpc) is 2.89. The van der Waals surface area contributed by atoms with E-state index in [1.807, 2.05) is 48.5 Å². The van der Waals surface area contributed by atoms with Crippen LogP contribution in [0.1, 0.15) is 0 Å². The van der Waals surface area contributed by atoms with Gasteiger partial charge in [-0.1, -0.05) is 30.3 Å². The molecule has 0 spiro atoms. The molecule has 0 aliphatic carbocycles. The van der Waals surface area contributed by atoms with E-state index in [9.17, 15) is 4.79 Å². The molecular formula is C16H13NO3. The van der Waals surface area contributed by atoms with Crippen molar-refractivity contribution in [2.45, 2.75) is 0 Å². The Balaban J connectivity index is 1.93. The first-order valence-corrected chi connectivity index (χ1v) is 6.22. The van der Waals surface area contributed by atoms with E-state index < -0.39 is 5.91 Å². The molecule has 0 radical (unpaired) electrons. The Labute approximate surface area is 115 Å². The summed E-state index contributed by atoms with van der Waals surface area (Å²) in [6, 6.07) is 17.2. The summed E-state index contributed by atoms with van der Waals surface area (Å²) in [5.74, 6) is 0.895. The van der Waals surface area contributed by atoms with Gasteiger partial charge in [0.15, 0.2) is 6.61 Å². The van der Waals surface area contributed by atoms with Gasteiger partial charge in [0.2, 0.25) is 0 Å². The number of furan rings is 1. The van der Waals surface area contributed by atoms with Crippen LogP contribution < -0.4 is 10.5 Å². The summed E-state index contributed by atoms with van der Waals surface area (Å²) < 4.78 is 11.1. The Hall–Kier alpha value is -2.75. The fourth-order valence-electron chi connectivity index (χ4n) is 2.01. The van der Waals surface area contributed by atoms with Gasteiger partial charge in [0.1, 0.15) is 17.1 Å². The van der Waals surface area contributed by atoms with Gasteiger partial charge >= 0.3 is 0 Å². The van der Waals surface area contributed by atoms with Gasteiger partial charge in [-0.3, -0.25) is 4.79 Å². The minimum atomic E-state index is -0.498. The summed E-state index contributed by atoms with van der Waals surface area (Å²) >= 11 is 0. The van der Waals surface area contributed by atoms with E-state index in [1.54, 1.807) is 6.07 Å². The highest BCUT2D eigenvalue weighted by molar-refractivity contribution is 5.84. The van der Waals surface area contributed by atoms with E-state index in [2.05, 4.69) is 0 Å². The predicted molar refractivity (Wildman–Crippen MR) is 76.3 cm³/mol. The molecule has 0 fully saturated rings. The number of carbonyl (C=O) groups excluding carboxylic acids is 1. The molecule has 100 valence electrons. The Morgan fingerprint density at radius 2 is 1.90 bits per heavy atom. The second kappa shape index (κ2) is 5.09. The third kappa shape index (κ3) is 2.49. The van der Waals surface area contributed by atoms with Crippen molar-refractivity contribution in [1.82, 2.24) is 0 Å². The van der Waals surface area contributed by atoms with Gasteiger partial charge in [-0.15, -0.1) is 0 Å². The molecule has 2 N–H and O–H groups in total. The van der Waals surface area contributed by atoms with Crippen LogP contribution in [0.15, 0.2) is 59.0 Å². The smallest absolute Gasteiger partial charge is 0.255 e. The van der Waals surface area contributed by atoms with Crippen molar-refractivity contribution in [3.63, 3.8) is 0 Å². The van der Waals surface area contributed by atoms with Gasteiger partial charge in [-0.2, -0.15) is 0 Å². The number of carbonyl (C=O) groups is 1. The van der Waals surface area contributed by atoms with E-state index in [0.717, 1.165) is 22.3 Å². The first-order chi connectivity index (χ1) is 9.72. The number of fused-ring (bicyclic) bond motifs is 1. The predicted octanol–water partition coefficient (Wildman–Crippen LogP) is 2.96. The topological polar surface area (TPSA) is 65.5 Å². The lowest BCUT2D eigenvalue weighted by Crippen LogP contribution is -2.19. The zero-order chi connectivity index (χ0) is 13.9. The second-order valence-electron chi connectivity index (χ2n) is 4.43. The summed E-state index contributed by atoms with van der Waals surface area (Å²) in [6.45, 7) is -0.130. The Bertz CT molecular complexity index is 747. The fourth-order valence-corrected chi connectivity index (χ4v) is 2.01. The zero-order valence-corrected chi connectivity index (χ0v) is 10.7. The van der Waals surface area contributed by atoms with Crippen LogP contribution in [0.25, 0.3) is 22.3 Å². The first kappa shape index (κ1) is 12.3. The fraction of sp³-hybridized carbons (Fsp3) is 0.0625. The average molecular weight is 267 g/mol. The van der Waals surface area contributed by atoms with Crippen LogP contribution in [-0.4, -0.2) is 12.5 Å². The number of primary amides is 1. The molecule has 3 aromatic rings. The molecule has 0 saturated carbocycles. The Morgan fingerprint density at radius 3 is 2.65 bits per heavy atom. The highest BCUT2D eigenvalue weighted by Crippen LogP contribution is 2.29. The third-order valence-electron chi connectivity index (χ3n) is 2.93. The van der Waals surface area contributed by atoms with Crippen molar-refractivity contribution < 1.29 is 13.9 Å². The first-order valence-electron chi connectivity index (χ1n) is 6.22. The minimum Gasteiger partial charge on any atom is -0.484 e. The SMILES string of the molecule is NC(=O)COc1ccc2oc(-c3ccccc3)cc2c1. The van der Waals surface area contributed by atoms with Crippen LogP contribution in [-0.2, 0) is 4.79 Å². The third-order valence-corrected chi connectivity index (χ3v) is 2.93. The molecule has 4 nitrogen and oxygen atoms in total. The molecule has 0 atom stereocenters. The lowest BCUT2D eigenvalue weighted by molar-refractivity contribution is -0.119. The number of ether oxygens (including phenoxy) is 1. The van der Waals surface area contributed by atoms with Crippen LogP contribution in [0, 0.1) is 0 Å². The number of hydrogen-bond donors (Lipinski definition) is 1. The second-order valence-corrected chi connectivity index (χ2v) is 4.43. The van der Waals surface area contributed by atoms with Crippen LogP contribution in [0.4, 0.5) is 0 Å². The molecule has 20 heavy (non-hydrogen) atoms. The summed E-state index contributed by atoms with van der Waals surface area (Å²) in [5.41, 5.74) is 6.84. The van der Waals surface area contributed by atoms with Gasteiger partial charge in [0, 0.05) is 10.9 Å². The molecule has 1 aromatic heterocycles. The van der Waals surface area contributed by atoms with Gasteiger partial charge < -0.3 is 14.9 Å². The summed E-state index contributed by atoms with van der Waals surface area (Å²) in [5, 5.41) is 0.922. The van der Waals surface area contributed by atoms with E-state index >= 15 is 0 Å². The minimum absolute atomic E-state index is 0.130. The number of benzene rings is 2. The Morgan fingerprint density at radius 1 is 1.10 bits per heavy atom. The van der Waals surface area contributed by atoms with Gasteiger partial charge in [0.25, 0.3) is 5.91 Å². The molecule has 0 aliphatic heterocycles. The van der Waals surface area contributed by atoms with Crippen molar-refractivity contribution in [1.29, 1.82) is 0 Å². The number of rotatable bonds is 4. The molecule has 2 aromatic carbocycles. The van der Waals surface area contributed by atoms with Crippen molar-refractivity contribution in [3.8, 4) is 17.1 Å². The molecule has 0 saturated heterocycles. The maximum absolute atomic E-state index is 10.7. The highest BCUT2D eigenvalue weighted by atomic mass is 16.5. The van der Waals surface area contributed by atoms with Crippen molar-refractivity contribution in [3.05, 3.63) is 54.6 Å². The van der Waals surface area contributed by atoms with Gasteiger partial charge in [-0.25, -0.2) is 0 Å². The van der Waals surface area contributed by atoms with E-state index in [1.165, 1.54) is 0 Å². The number of amides is 1. The largest absolute Gasteiger partial charge is 0.484 e. The quantitative estimate of drug-likeness (QED) is 0.790. The molecular weight excluding hydrogens is 254 g/mol. The summed E-state index contributed by atoms with van der Waals surface area (Å²) in [4.78, 5) is 10.7. The lowest BCUT2D eigenvalue weighted by atomic mass is 10.1. The summed E-state index contributed by atoms with van der Waals surface area (Å²) in [6.07, 6.45) is 0. The standard InChI is InChI=1S/C16H13NO3/c17-16(18)10-19-13-6-7-14-12(8-13)9-15(20-14)11-4-2-1-3-5-11/h1-9H,10H2,(H2,17,18). The van der Waals surface area contributed by atoms with Crippen molar-refractivity contribution in [2.24, 2.45) is 5.73 Å². The maximum atomic E-state index is 10.7. The normalized spacial score (nSPS) is 10.6. The van der Waals surface area contributed by atoms with Crippen LogP contribution in [0.3, 0.4) is 0 Å². The molecule has 3 rings (SSSR count). The lowest BCUT2D eigenvalue weighted by Gasteiger charge is -2.02. The van der Waals surface area contributed by atoms with Crippen LogP contribution in [0.5, 0.6) is 5.75 Å².